The predicted molar refractivity (Wildman–Crippen MR) is 80.6 cm³/mol. The Bertz CT molecular complexity index is 697. The predicted octanol–water partition coefficient (Wildman–Crippen LogP) is 4.23. The highest BCUT2D eigenvalue weighted by molar-refractivity contribution is 9.10. The molecule has 7 heteroatoms. The van der Waals surface area contributed by atoms with E-state index in [1.54, 1.807) is 24.3 Å². The lowest BCUT2D eigenvalue weighted by atomic mass is 10.1. The zero-order chi connectivity index (χ0) is 16.2. The van der Waals surface area contributed by atoms with E-state index in [2.05, 4.69) is 26.5 Å². The molecule has 0 fully saturated rings. The van der Waals surface area contributed by atoms with Crippen molar-refractivity contribution >= 4 is 28.1 Å². The van der Waals surface area contributed by atoms with E-state index in [4.69, 9.17) is 0 Å². The first kappa shape index (κ1) is 16.2. The molecule has 0 atom stereocenters. The van der Waals surface area contributed by atoms with Crippen molar-refractivity contribution in [2.24, 2.45) is 5.10 Å². The van der Waals surface area contributed by atoms with Crippen LogP contribution < -0.4 is 5.43 Å². The molecule has 0 saturated heterocycles. The Balaban J connectivity index is 2.12. The number of amides is 1. The summed E-state index contributed by atoms with van der Waals surface area (Å²) in [5.41, 5.74) is 1.33. The van der Waals surface area contributed by atoms with Gasteiger partial charge in [0.1, 0.15) is 0 Å². The molecule has 0 heterocycles. The number of carbonyl (C=O) groups excluding carboxylic acids is 1. The SMILES string of the molecule is O=C(N/N=C/c1ccc(Br)cc1)c1ccccc1C(F)(F)F. The molecule has 0 unspecified atom stereocenters. The number of hydrogen-bond donors (Lipinski definition) is 1. The smallest absolute Gasteiger partial charge is 0.267 e. The largest absolute Gasteiger partial charge is 0.417 e. The highest BCUT2D eigenvalue weighted by Crippen LogP contribution is 2.31. The third kappa shape index (κ3) is 4.17. The van der Waals surface area contributed by atoms with Gasteiger partial charge >= 0.3 is 6.18 Å². The maximum Gasteiger partial charge on any atom is 0.417 e. The summed E-state index contributed by atoms with van der Waals surface area (Å²) >= 11 is 3.27. The summed E-state index contributed by atoms with van der Waals surface area (Å²) in [6.07, 6.45) is -3.25. The number of halogens is 4. The molecule has 0 aliphatic rings. The Morgan fingerprint density at radius 2 is 1.73 bits per heavy atom. The standard InChI is InChI=1S/C15H10BrF3N2O/c16-11-7-5-10(6-8-11)9-20-21-14(22)12-3-1-2-4-13(12)15(17,18)19/h1-9H,(H,21,22)/b20-9+. The van der Waals surface area contributed by atoms with E-state index in [9.17, 15) is 18.0 Å². The van der Waals surface area contributed by atoms with Gasteiger partial charge in [0, 0.05) is 4.47 Å². The fraction of sp³-hybridized carbons (Fsp3) is 0.0667. The van der Waals surface area contributed by atoms with Gasteiger partial charge in [-0.05, 0) is 29.8 Å². The van der Waals surface area contributed by atoms with Crippen LogP contribution in [0.1, 0.15) is 21.5 Å². The van der Waals surface area contributed by atoms with Gasteiger partial charge in [-0.15, -0.1) is 0 Å². The molecular weight excluding hydrogens is 361 g/mol. The summed E-state index contributed by atoms with van der Waals surface area (Å²) < 4.78 is 39.3. The molecule has 1 N–H and O–H groups in total. The number of carbonyl (C=O) groups is 1. The molecule has 2 aromatic carbocycles. The van der Waals surface area contributed by atoms with Crippen LogP contribution in [0.4, 0.5) is 13.2 Å². The van der Waals surface area contributed by atoms with E-state index >= 15 is 0 Å². The highest BCUT2D eigenvalue weighted by Gasteiger charge is 2.34. The average molecular weight is 371 g/mol. The van der Waals surface area contributed by atoms with Gasteiger partial charge in [-0.3, -0.25) is 4.79 Å². The molecule has 2 aromatic rings. The molecule has 114 valence electrons. The van der Waals surface area contributed by atoms with Crippen LogP contribution in [0.5, 0.6) is 0 Å². The molecule has 0 bridgehead atoms. The summed E-state index contributed by atoms with van der Waals surface area (Å²) in [5, 5.41) is 3.66. The minimum atomic E-state index is -4.59. The maximum atomic E-state index is 12.8. The zero-order valence-corrected chi connectivity index (χ0v) is 12.6. The second-order valence-electron chi connectivity index (χ2n) is 4.29. The number of benzene rings is 2. The van der Waals surface area contributed by atoms with E-state index in [0.29, 0.717) is 5.56 Å². The molecule has 22 heavy (non-hydrogen) atoms. The minimum absolute atomic E-state index is 0.469. The van der Waals surface area contributed by atoms with Crippen LogP contribution in [0.15, 0.2) is 58.1 Å². The first-order chi connectivity index (χ1) is 10.4. The third-order valence-electron chi connectivity index (χ3n) is 2.73. The molecule has 0 radical (unpaired) electrons. The highest BCUT2D eigenvalue weighted by atomic mass is 79.9. The van der Waals surface area contributed by atoms with Crippen LogP contribution >= 0.6 is 15.9 Å². The topological polar surface area (TPSA) is 41.5 Å². The van der Waals surface area contributed by atoms with Gasteiger partial charge in [0.15, 0.2) is 0 Å². The fourth-order valence-corrected chi connectivity index (χ4v) is 1.97. The van der Waals surface area contributed by atoms with E-state index in [1.807, 2.05) is 0 Å². The van der Waals surface area contributed by atoms with E-state index < -0.39 is 23.2 Å². The number of hydrogen-bond acceptors (Lipinski definition) is 2. The Hall–Kier alpha value is -2.15. The number of hydrazone groups is 1. The molecule has 0 aliphatic heterocycles. The molecule has 0 spiro atoms. The maximum absolute atomic E-state index is 12.8. The van der Waals surface area contributed by atoms with Crippen molar-refractivity contribution in [2.75, 3.05) is 0 Å². The summed E-state index contributed by atoms with van der Waals surface area (Å²) in [4.78, 5) is 11.8. The Labute approximate surface area is 133 Å². The van der Waals surface area contributed by atoms with E-state index in [0.717, 1.165) is 16.6 Å². The van der Waals surface area contributed by atoms with E-state index in [1.165, 1.54) is 18.3 Å². The van der Waals surface area contributed by atoms with Crippen LogP contribution in [-0.2, 0) is 6.18 Å². The summed E-state index contributed by atoms with van der Waals surface area (Å²) in [5.74, 6) is -0.915. The van der Waals surface area contributed by atoms with Crippen molar-refractivity contribution in [3.05, 3.63) is 69.7 Å². The molecule has 3 nitrogen and oxygen atoms in total. The van der Waals surface area contributed by atoms with Crippen molar-refractivity contribution in [1.82, 2.24) is 5.43 Å². The molecular formula is C15H10BrF3N2O. The van der Waals surface area contributed by atoms with Gasteiger partial charge in [0.05, 0.1) is 17.3 Å². The minimum Gasteiger partial charge on any atom is -0.267 e. The van der Waals surface area contributed by atoms with Crippen LogP contribution in [0.2, 0.25) is 0 Å². The zero-order valence-electron chi connectivity index (χ0n) is 11.1. The van der Waals surface area contributed by atoms with Crippen molar-refractivity contribution in [2.45, 2.75) is 6.18 Å². The van der Waals surface area contributed by atoms with Crippen LogP contribution in [-0.4, -0.2) is 12.1 Å². The first-order valence-corrected chi connectivity index (χ1v) is 6.92. The Morgan fingerprint density at radius 3 is 2.36 bits per heavy atom. The van der Waals surface area contributed by atoms with Gasteiger partial charge in [-0.25, -0.2) is 5.43 Å². The van der Waals surface area contributed by atoms with Gasteiger partial charge < -0.3 is 0 Å². The first-order valence-electron chi connectivity index (χ1n) is 6.13. The summed E-state index contributed by atoms with van der Waals surface area (Å²) in [6, 6.07) is 11.6. The lowest BCUT2D eigenvalue weighted by molar-refractivity contribution is -0.137. The number of nitrogens with zero attached hydrogens (tertiary/aromatic N) is 1. The van der Waals surface area contributed by atoms with Gasteiger partial charge in [-0.1, -0.05) is 40.2 Å². The quantitative estimate of drug-likeness (QED) is 0.637. The summed E-state index contributed by atoms with van der Waals surface area (Å²) in [6.45, 7) is 0. The monoisotopic (exact) mass is 370 g/mol. The number of rotatable bonds is 3. The van der Waals surface area contributed by atoms with Crippen LogP contribution in [0.3, 0.4) is 0 Å². The third-order valence-corrected chi connectivity index (χ3v) is 3.26. The molecule has 2 rings (SSSR count). The van der Waals surface area contributed by atoms with Crippen LogP contribution in [0.25, 0.3) is 0 Å². The van der Waals surface area contributed by atoms with Crippen molar-refractivity contribution in [3.63, 3.8) is 0 Å². The van der Waals surface area contributed by atoms with E-state index in [-0.39, 0.29) is 0 Å². The van der Waals surface area contributed by atoms with Gasteiger partial charge in [-0.2, -0.15) is 18.3 Å². The van der Waals surface area contributed by atoms with Crippen molar-refractivity contribution in [1.29, 1.82) is 0 Å². The second-order valence-corrected chi connectivity index (χ2v) is 5.21. The van der Waals surface area contributed by atoms with Crippen LogP contribution in [0, 0.1) is 0 Å². The average Bonchev–Trinajstić information content (AvgIpc) is 2.48. The van der Waals surface area contributed by atoms with Gasteiger partial charge in [0.2, 0.25) is 0 Å². The Kier molecular flexibility index (Phi) is 4.97. The number of nitrogens with one attached hydrogen (secondary N) is 1. The number of alkyl halides is 3. The van der Waals surface area contributed by atoms with Crippen molar-refractivity contribution in [3.8, 4) is 0 Å². The van der Waals surface area contributed by atoms with Gasteiger partial charge in [0.25, 0.3) is 5.91 Å². The lowest BCUT2D eigenvalue weighted by Gasteiger charge is -2.10. The normalized spacial score (nSPS) is 11.6. The summed E-state index contributed by atoms with van der Waals surface area (Å²) in [7, 11) is 0. The second kappa shape index (κ2) is 6.74. The molecule has 0 saturated carbocycles. The fourth-order valence-electron chi connectivity index (χ4n) is 1.70. The molecule has 0 aliphatic carbocycles. The Morgan fingerprint density at radius 1 is 1.09 bits per heavy atom. The molecule has 1 amide bonds. The lowest BCUT2D eigenvalue weighted by Crippen LogP contribution is -2.22. The molecule has 0 aromatic heterocycles. The van der Waals surface area contributed by atoms with Crippen molar-refractivity contribution < 1.29 is 18.0 Å².